The molecule has 0 aromatic carbocycles. The highest BCUT2D eigenvalue weighted by Crippen LogP contribution is 2.30. The van der Waals surface area contributed by atoms with E-state index in [0.717, 1.165) is 19.0 Å². The van der Waals surface area contributed by atoms with Crippen molar-refractivity contribution in [2.75, 3.05) is 39.8 Å². The van der Waals surface area contributed by atoms with Gasteiger partial charge in [-0.05, 0) is 44.4 Å². The number of thiophene rings is 1. The highest BCUT2D eigenvalue weighted by Gasteiger charge is 2.26. The second kappa shape index (κ2) is 6.56. The summed E-state index contributed by atoms with van der Waals surface area (Å²) in [6.07, 6.45) is 2.95. The number of hydrogen-bond acceptors (Lipinski definition) is 4. The van der Waals surface area contributed by atoms with E-state index in [1.165, 1.54) is 60.9 Å². The summed E-state index contributed by atoms with van der Waals surface area (Å²) < 4.78 is 0. The SMILES string of the molecule is CNCc1cc(CN2CCN(CC3CC3)CC2)c(C)s1. The van der Waals surface area contributed by atoms with Crippen molar-refractivity contribution in [1.29, 1.82) is 0 Å². The Kier molecular flexibility index (Phi) is 4.76. The molecule has 3 nitrogen and oxygen atoms in total. The topological polar surface area (TPSA) is 18.5 Å². The van der Waals surface area contributed by atoms with Crippen molar-refractivity contribution in [2.24, 2.45) is 5.92 Å². The fraction of sp³-hybridized carbons (Fsp3) is 0.750. The van der Waals surface area contributed by atoms with Gasteiger partial charge in [-0.1, -0.05) is 0 Å². The van der Waals surface area contributed by atoms with Crippen LogP contribution in [0.2, 0.25) is 0 Å². The molecule has 0 radical (unpaired) electrons. The second-order valence-electron chi connectivity index (χ2n) is 6.34. The Morgan fingerprint density at radius 1 is 1.20 bits per heavy atom. The molecule has 0 spiro atoms. The van der Waals surface area contributed by atoms with Gasteiger partial charge in [-0.3, -0.25) is 4.90 Å². The van der Waals surface area contributed by atoms with Gasteiger partial charge in [-0.15, -0.1) is 11.3 Å². The molecule has 1 aliphatic carbocycles. The molecular weight excluding hydrogens is 266 g/mol. The van der Waals surface area contributed by atoms with Crippen LogP contribution >= 0.6 is 11.3 Å². The first-order valence-corrected chi connectivity index (χ1v) is 8.73. The lowest BCUT2D eigenvalue weighted by Crippen LogP contribution is -2.46. The monoisotopic (exact) mass is 293 g/mol. The second-order valence-corrected chi connectivity index (χ2v) is 7.69. The normalized spacial score (nSPS) is 21.5. The first kappa shape index (κ1) is 14.5. The Morgan fingerprint density at radius 3 is 2.55 bits per heavy atom. The molecule has 3 rings (SSSR count). The zero-order valence-electron chi connectivity index (χ0n) is 12.8. The Hall–Kier alpha value is -0.420. The van der Waals surface area contributed by atoms with Crippen LogP contribution < -0.4 is 5.32 Å². The minimum Gasteiger partial charge on any atom is -0.315 e. The minimum absolute atomic E-state index is 1.00. The first-order valence-electron chi connectivity index (χ1n) is 7.92. The van der Waals surface area contributed by atoms with Crippen molar-refractivity contribution in [2.45, 2.75) is 32.9 Å². The molecule has 1 saturated carbocycles. The van der Waals surface area contributed by atoms with Gasteiger partial charge in [-0.2, -0.15) is 0 Å². The molecule has 1 aromatic heterocycles. The van der Waals surface area contributed by atoms with Crippen molar-refractivity contribution >= 4 is 11.3 Å². The Labute approximate surface area is 127 Å². The lowest BCUT2D eigenvalue weighted by Gasteiger charge is -2.34. The maximum absolute atomic E-state index is 3.25. The van der Waals surface area contributed by atoms with Gasteiger partial charge in [0.05, 0.1) is 0 Å². The summed E-state index contributed by atoms with van der Waals surface area (Å²) in [5.74, 6) is 1.03. The number of nitrogens with zero attached hydrogens (tertiary/aromatic N) is 2. The Bertz CT molecular complexity index is 431. The van der Waals surface area contributed by atoms with Crippen LogP contribution in [-0.2, 0) is 13.1 Å². The van der Waals surface area contributed by atoms with Gasteiger partial charge in [0.15, 0.2) is 0 Å². The molecule has 2 aliphatic rings. The van der Waals surface area contributed by atoms with Crippen LogP contribution in [0.1, 0.15) is 28.2 Å². The molecule has 0 atom stereocenters. The van der Waals surface area contributed by atoms with Crippen molar-refractivity contribution < 1.29 is 0 Å². The van der Waals surface area contributed by atoms with Gasteiger partial charge < -0.3 is 10.2 Å². The standard InChI is InChI=1S/C16H27N3S/c1-13-15(9-16(20-13)10-17-2)12-19-7-5-18(6-8-19)11-14-3-4-14/h9,14,17H,3-8,10-12H2,1-2H3. The molecule has 1 aromatic rings. The summed E-state index contributed by atoms with van der Waals surface area (Å²) in [5.41, 5.74) is 1.54. The summed E-state index contributed by atoms with van der Waals surface area (Å²) in [6, 6.07) is 2.40. The lowest BCUT2D eigenvalue weighted by molar-refractivity contribution is 0.123. The Balaban J connectivity index is 1.48. The Morgan fingerprint density at radius 2 is 1.90 bits per heavy atom. The molecule has 2 fully saturated rings. The molecule has 4 heteroatoms. The smallest absolute Gasteiger partial charge is 0.0296 e. The highest BCUT2D eigenvalue weighted by atomic mass is 32.1. The van der Waals surface area contributed by atoms with Crippen molar-refractivity contribution in [3.05, 3.63) is 21.4 Å². The van der Waals surface area contributed by atoms with E-state index in [9.17, 15) is 0 Å². The molecule has 1 saturated heterocycles. The van der Waals surface area contributed by atoms with Crippen LogP contribution in [0, 0.1) is 12.8 Å². The van der Waals surface area contributed by atoms with E-state index in [2.05, 4.69) is 28.1 Å². The summed E-state index contributed by atoms with van der Waals surface area (Å²) in [6.45, 7) is 10.8. The first-order chi connectivity index (χ1) is 9.74. The van der Waals surface area contributed by atoms with Crippen molar-refractivity contribution in [3.8, 4) is 0 Å². The van der Waals surface area contributed by atoms with E-state index < -0.39 is 0 Å². The number of nitrogens with one attached hydrogen (secondary N) is 1. The predicted molar refractivity (Wildman–Crippen MR) is 86.3 cm³/mol. The fourth-order valence-electron chi connectivity index (χ4n) is 3.04. The summed E-state index contributed by atoms with van der Waals surface area (Å²) in [5, 5.41) is 3.25. The molecule has 20 heavy (non-hydrogen) atoms. The van der Waals surface area contributed by atoms with Gasteiger partial charge in [0.25, 0.3) is 0 Å². The van der Waals surface area contributed by atoms with E-state index in [4.69, 9.17) is 0 Å². The van der Waals surface area contributed by atoms with Gasteiger partial charge in [0, 0.05) is 55.6 Å². The van der Waals surface area contributed by atoms with Crippen LogP contribution in [0.5, 0.6) is 0 Å². The number of hydrogen-bond donors (Lipinski definition) is 1. The fourth-order valence-corrected chi connectivity index (χ4v) is 4.11. The van der Waals surface area contributed by atoms with Crippen LogP contribution in [0.4, 0.5) is 0 Å². The lowest BCUT2D eigenvalue weighted by atomic mass is 10.2. The van der Waals surface area contributed by atoms with Crippen LogP contribution in [0.15, 0.2) is 6.07 Å². The average Bonchev–Trinajstić information content (AvgIpc) is 3.18. The van der Waals surface area contributed by atoms with E-state index in [0.29, 0.717) is 0 Å². The molecule has 1 N–H and O–H groups in total. The van der Waals surface area contributed by atoms with E-state index in [1.54, 1.807) is 0 Å². The largest absolute Gasteiger partial charge is 0.315 e. The highest BCUT2D eigenvalue weighted by molar-refractivity contribution is 7.12. The molecule has 112 valence electrons. The van der Waals surface area contributed by atoms with E-state index in [1.807, 2.05) is 18.4 Å². The zero-order valence-corrected chi connectivity index (χ0v) is 13.6. The van der Waals surface area contributed by atoms with Gasteiger partial charge in [0.1, 0.15) is 0 Å². The molecule has 0 bridgehead atoms. The van der Waals surface area contributed by atoms with Crippen LogP contribution in [0.25, 0.3) is 0 Å². The average molecular weight is 293 g/mol. The summed E-state index contributed by atoms with van der Waals surface area (Å²) in [4.78, 5) is 8.26. The van der Waals surface area contributed by atoms with Gasteiger partial charge in [0.2, 0.25) is 0 Å². The molecule has 0 amide bonds. The number of aryl methyl sites for hydroxylation is 1. The van der Waals surface area contributed by atoms with E-state index in [-0.39, 0.29) is 0 Å². The van der Waals surface area contributed by atoms with Crippen molar-refractivity contribution in [1.82, 2.24) is 15.1 Å². The third-order valence-corrected chi connectivity index (χ3v) is 5.59. The molecular formula is C16H27N3S. The molecule has 2 heterocycles. The van der Waals surface area contributed by atoms with Crippen molar-refractivity contribution in [3.63, 3.8) is 0 Å². The maximum Gasteiger partial charge on any atom is 0.0296 e. The predicted octanol–water partition coefficient (Wildman–Crippen LogP) is 2.30. The zero-order chi connectivity index (χ0) is 13.9. The third-order valence-electron chi connectivity index (χ3n) is 4.49. The van der Waals surface area contributed by atoms with E-state index >= 15 is 0 Å². The maximum atomic E-state index is 3.25. The number of piperazine rings is 1. The van der Waals surface area contributed by atoms with Crippen LogP contribution in [-0.4, -0.2) is 49.6 Å². The third kappa shape index (κ3) is 3.82. The summed E-state index contributed by atoms with van der Waals surface area (Å²) in [7, 11) is 2.02. The molecule has 1 aliphatic heterocycles. The number of rotatable bonds is 6. The summed E-state index contributed by atoms with van der Waals surface area (Å²) >= 11 is 1.95. The van der Waals surface area contributed by atoms with Crippen LogP contribution in [0.3, 0.4) is 0 Å². The quantitative estimate of drug-likeness (QED) is 0.868. The minimum atomic E-state index is 1.00. The molecule has 0 unspecified atom stereocenters. The van der Waals surface area contributed by atoms with Gasteiger partial charge >= 0.3 is 0 Å². The van der Waals surface area contributed by atoms with Gasteiger partial charge in [-0.25, -0.2) is 0 Å².